The summed E-state index contributed by atoms with van der Waals surface area (Å²) in [6.07, 6.45) is 0.602. The number of benzene rings is 1. The molecule has 0 aliphatic carbocycles. The van der Waals surface area contributed by atoms with Gasteiger partial charge in [0.05, 0.1) is 11.7 Å². The number of halogens is 1. The second-order valence-corrected chi connectivity index (χ2v) is 5.40. The first-order valence-corrected chi connectivity index (χ1v) is 7.60. The maximum Gasteiger partial charge on any atom is 0.265 e. The number of fused-ring (bicyclic) bond motifs is 1. The van der Waals surface area contributed by atoms with E-state index in [9.17, 15) is 9.59 Å². The summed E-state index contributed by atoms with van der Waals surface area (Å²) in [4.78, 5) is 23.5. The fourth-order valence-corrected chi connectivity index (χ4v) is 2.33. The Hall–Kier alpha value is -1.79. The van der Waals surface area contributed by atoms with E-state index in [1.165, 1.54) is 0 Å². The molecule has 2 atom stereocenters. The minimum atomic E-state index is -0.455. The number of ether oxygens (including phenoxy) is 1. The van der Waals surface area contributed by atoms with Gasteiger partial charge in [0, 0.05) is 13.0 Å². The zero-order valence-electron chi connectivity index (χ0n) is 13.6. The molecule has 0 radical (unpaired) electrons. The van der Waals surface area contributed by atoms with Crippen LogP contribution in [0.1, 0.15) is 38.3 Å². The molecule has 2 unspecified atom stereocenters. The fourth-order valence-electron chi connectivity index (χ4n) is 2.33. The molecule has 6 nitrogen and oxygen atoms in total. The van der Waals surface area contributed by atoms with Crippen molar-refractivity contribution in [2.75, 3.05) is 18.9 Å². The summed E-state index contributed by atoms with van der Waals surface area (Å²) in [6.45, 7) is 4.48. The topological polar surface area (TPSA) is 79.5 Å². The van der Waals surface area contributed by atoms with Gasteiger partial charge < -0.3 is 20.7 Å². The lowest BCUT2D eigenvalue weighted by Crippen LogP contribution is -2.36. The summed E-state index contributed by atoms with van der Waals surface area (Å²) in [5, 5.41) is 8.73. The molecule has 1 aliphatic rings. The quantitative estimate of drug-likeness (QED) is 0.739. The van der Waals surface area contributed by atoms with E-state index in [4.69, 9.17) is 4.74 Å². The predicted molar refractivity (Wildman–Crippen MR) is 92.1 cm³/mol. The van der Waals surface area contributed by atoms with Gasteiger partial charge in [0.1, 0.15) is 5.75 Å². The number of rotatable bonds is 6. The molecule has 1 heterocycles. The molecule has 0 saturated heterocycles. The molecule has 1 aromatic carbocycles. The maximum atomic E-state index is 11.8. The van der Waals surface area contributed by atoms with Crippen molar-refractivity contribution in [3.63, 3.8) is 0 Å². The van der Waals surface area contributed by atoms with E-state index < -0.39 is 6.10 Å². The maximum absolute atomic E-state index is 11.8. The lowest BCUT2D eigenvalue weighted by Gasteiger charge is -2.26. The van der Waals surface area contributed by atoms with Crippen molar-refractivity contribution >= 4 is 29.9 Å². The second kappa shape index (κ2) is 8.74. The van der Waals surface area contributed by atoms with E-state index in [0.717, 1.165) is 5.56 Å². The highest BCUT2D eigenvalue weighted by Gasteiger charge is 2.26. The summed E-state index contributed by atoms with van der Waals surface area (Å²) in [6, 6.07) is 5.46. The van der Waals surface area contributed by atoms with E-state index in [2.05, 4.69) is 16.0 Å². The van der Waals surface area contributed by atoms with Crippen LogP contribution in [-0.2, 0) is 9.59 Å². The monoisotopic (exact) mass is 341 g/mol. The summed E-state index contributed by atoms with van der Waals surface area (Å²) >= 11 is 0. The van der Waals surface area contributed by atoms with Crippen molar-refractivity contribution in [3.05, 3.63) is 23.8 Å². The molecular formula is C16H24ClN3O3. The molecule has 0 fully saturated rings. The van der Waals surface area contributed by atoms with Crippen LogP contribution in [0.25, 0.3) is 0 Å². The third kappa shape index (κ3) is 4.84. The van der Waals surface area contributed by atoms with Crippen molar-refractivity contribution in [2.45, 2.75) is 38.8 Å². The molecule has 1 aromatic rings. The number of hydrogen-bond acceptors (Lipinski definition) is 4. The molecule has 23 heavy (non-hydrogen) atoms. The molecular weight excluding hydrogens is 318 g/mol. The van der Waals surface area contributed by atoms with E-state index in [-0.39, 0.29) is 30.3 Å². The first-order valence-electron chi connectivity index (χ1n) is 7.60. The number of carbonyl (C=O) groups excluding carboxylic acids is 2. The number of amides is 2. The smallest absolute Gasteiger partial charge is 0.265 e. The van der Waals surface area contributed by atoms with Gasteiger partial charge in [-0.05, 0) is 38.1 Å². The fraction of sp³-hybridized carbons (Fsp3) is 0.500. The molecule has 2 rings (SSSR count). The van der Waals surface area contributed by atoms with Crippen LogP contribution in [0.3, 0.4) is 0 Å². The number of anilines is 1. The minimum Gasteiger partial charge on any atom is -0.478 e. The van der Waals surface area contributed by atoms with Crippen molar-refractivity contribution < 1.29 is 14.3 Å². The average molecular weight is 342 g/mol. The summed E-state index contributed by atoms with van der Waals surface area (Å²) < 4.78 is 5.72. The van der Waals surface area contributed by atoms with Crippen molar-refractivity contribution in [1.82, 2.24) is 10.6 Å². The second-order valence-electron chi connectivity index (χ2n) is 5.40. The average Bonchev–Trinajstić information content (AvgIpc) is 2.51. The van der Waals surface area contributed by atoms with Gasteiger partial charge in [-0.25, -0.2) is 0 Å². The third-order valence-electron chi connectivity index (χ3n) is 3.68. The molecule has 0 spiro atoms. The van der Waals surface area contributed by atoms with Crippen LogP contribution in [0.2, 0.25) is 0 Å². The molecule has 0 saturated carbocycles. The van der Waals surface area contributed by atoms with Crippen LogP contribution in [0.4, 0.5) is 5.69 Å². The number of carbonyl (C=O) groups is 2. The van der Waals surface area contributed by atoms with Crippen LogP contribution < -0.4 is 20.7 Å². The molecule has 128 valence electrons. The number of hydrogen-bond donors (Lipinski definition) is 3. The zero-order valence-corrected chi connectivity index (χ0v) is 14.5. The minimum absolute atomic E-state index is 0. The first-order chi connectivity index (χ1) is 10.5. The van der Waals surface area contributed by atoms with E-state index >= 15 is 0 Å². The standard InChI is InChI=1S/C16H23N3O3.ClH/c1-4-13-16(21)19-12-6-5-11(9-14(12)22-13)10(2)18-15(20)7-8-17-3;/h5-6,9-10,13,17H,4,7-8H2,1-3H3,(H,18,20)(H,19,21);1H. The van der Waals surface area contributed by atoms with Gasteiger partial charge >= 0.3 is 0 Å². The molecule has 0 bridgehead atoms. The van der Waals surface area contributed by atoms with E-state index in [1.807, 2.05) is 39.1 Å². The van der Waals surface area contributed by atoms with Crippen molar-refractivity contribution in [2.24, 2.45) is 0 Å². The van der Waals surface area contributed by atoms with Gasteiger partial charge in [-0.1, -0.05) is 13.0 Å². The van der Waals surface area contributed by atoms with Gasteiger partial charge in [0.15, 0.2) is 6.10 Å². The summed E-state index contributed by atoms with van der Waals surface area (Å²) in [5.41, 5.74) is 1.62. The highest BCUT2D eigenvalue weighted by atomic mass is 35.5. The SMILES string of the molecule is CCC1Oc2cc(C(C)NC(=O)CCNC)ccc2NC1=O.Cl. The predicted octanol–water partition coefficient (Wildman–Crippen LogP) is 2.00. The van der Waals surface area contributed by atoms with Gasteiger partial charge in [0.25, 0.3) is 5.91 Å². The Morgan fingerprint density at radius 2 is 2.17 bits per heavy atom. The largest absolute Gasteiger partial charge is 0.478 e. The normalized spacial score (nSPS) is 17.2. The molecule has 1 aliphatic heterocycles. The Labute approximate surface area is 142 Å². The lowest BCUT2D eigenvalue weighted by atomic mass is 10.1. The summed E-state index contributed by atoms with van der Waals surface area (Å²) in [7, 11) is 1.82. The van der Waals surface area contributed by atoms with Crippen LogP contribution in [0.5, 0.6) is 5.75 Å². The van der Waals surface area contributed by atoms with Gasteiger partial charge in [-0.15, -0.1) is 12.4 Å². The Morgan fingerprint density at radius 1 is 1.43 bits per heavy atom. The summed E-state index contributed by atoms with van der Waals surface area (Å²) in [5.74, 6) is 0.539. The Kier molecular flexibility index (Phi) is 7.32. The highest BCUT2D eigenvalue weighted by Crippen LogP contribution is 2.32. The highest BCUT2D eigenvalue weighted by molar-refractivity contribution is 5.97. The van der Waals surface area contributed by atoms with Crippen LogP contribution in [0, 0.1) is 0 Å². The van der Waals surface area contributed by atoms with Crippen LogP contribution >= 0.6 is 12.4 Å². The zero-order chi connectivity index (χ0) is 16.1. The first kappa shape index (κ1) is 19.3. The molecule has 7 heteroatoms. The Morgan fingerprint density at radius 3 is 2.83 bits per heavy atom. The Bertz CT molecular complexity index is 566. The Balaban J connectivity index is 0.00000264. The van der Waals surface area contributed by atoms with E-state index in [0.29, 0.717) is 30.8 Å². The van der Waals surface area contributed by atoms with Crippen LogP contribution in [0.15, 0.2) is 18.2 Å². The van der Waals surface area contributed by atoms with Gasteiger partial charge in [-0.3, -0.25) is 9.59 Å². The molecule has 2 amide bonds. The van der Waals surface area contributed by atoms with E-state index in [1.54, 1.807) is 0 Å². The third-order valence-corrected chi connectivity index (χ3v) is 3.68. The van der Waals surface area contributed by atoms with Gasteiger partial charge in [-0.2, -0.15) is 0 Å². The van der Waals surface area contributed by atoms with Crippen molar-refractivity contribution in [3.8, 4) is 5.75 Å². The van der Waals surface area contributed by atoms with Crippen LogP contribution in [-0.4, -0.2) is 31.5 Å². The van der Waals surface area contributed by atoms with Crippen molar-refractivity contribution in [1.29, 1.82) is 0 Å². The molecule has 0 aromatic heterocycles. The number of nitrogens with one attached hydrogen (secondary N) is 3. The lowest BCUT2D eigenvalue weighted by molar-refractivity contribution is -0.123. The molecule has 3 N–H and O–H groups in total. The van der Waals surface area contributed by atoms with Gasteiger partial charge in [0.2, 0.25) is 5.91 Å².